The summed E-state index contributed by atoms with van der Waals surface area (Å²) in [7, 11) is 0. The van der Waals surface area contributed by atoms with E-state index in [1.54, 1.807) is 6.07 Å². The minimum Gasteiger partial charge on any atom is -0.490 e. The first-order chi connectivity index (χ1) is 11.4. The lowest BCUT2D eigenvalue weighted by atomic mass is 9.97. The number of hydrogen-bond acceptors (Lipinski definition) is 4. The van der Waals surface area contributed by atoms with Crippen molar-refractivity contribution in [3.05, 3.63) is 23.8 Å². The molecule has 1 fully saturated rings. The molecular weight excluding hydrogens is 325 g/mol. The summed E-state index contributed by atoms with van der Waals surface area (Å²) in [5.41, 5.74) is 5.91. The van der Waals surface area contributed by atoms with Crippen LogP contribution >= 0.6 is 0 Å². The molecule has 0 bridgehead atoms. The number of rotatable bonds is 1. The van der Waals surface area contributed by atoms with Crippen LogP contribution in [-0.2, 0) is 0 Å². The summed E-state index contributed by atoms with van der Waals surface area (Å²) in [6.45, 7) is 0.819. The zero-order valence-corrected chi connectivity index (χ0v) is 13.0. The highest BCUT2D eigenvalue weighted by Crippen LogP contribution is 2.35. The van der Waals surface area contributed by atoms with Crippen LogP contribution in [0.3, 0.4) is 0 Å². The number of carbonyl (C=O) groups excluding carboxylic acids is 1. The molecule has 0 saturated carbocycles. The molecular formula is C16H19F3N2O3. The third kappa shape index (κ3) is 3.43. The first kappa shape index (κ1) is 16.9. The van der Waals surface area contributed by atoms with Gasteiger partial charge in [-0.3, -0.25) is 4.79 Å². The summed E-state index contributed by atoms with van der Waals surface area (Å²) in [4.78, 5) is 13.5. The maximum Gasteiger partial charge on any atom is 0.408 e. The number of benzene rings is 1. The van der Waals surface area contributed by atoms with Crippen molar-refractivity contribution < 1.29 is 27.4 Å². The Bertz CT molecular complexity index is 621. The van der Waals surface area contributed by atoms with E-state index in [4.69, 9.17) is 15.2 Å². The van der Waals surface area contributed by atoms with Gasteiger partial charge in [0.05, 0.1) is 13.2 Å². The SMILES string of the molecule is N[C@@H]1CC[C@@H](C(F)(F)F)N(C(=O)c2ccc3c(c2)OCCCO3)C1. The van der Waals surface area contributed by atoms with Crippen LogP contribution < -0.4 is 15.2 Å². The fourth-order valence-corrected chi connectivity index (χ4v) is 3.03. The second kappa shape index (κ2) is 6.51. The highest BCUT2D eigenvalue weighted by Gasteiger charge is 2.47. The fraction of sp³-hybridized carbons (Fsp3) is 0.562. The van der Waals surface area contributed by atoms with Crippen LogP contribution in [0.5, 0.6) is 11.5 Å². The van der Waals surface area contributed by atoms with Crippen molar-refractivity contribution in [1.29, 1.82) is 0 Å². The van der Waals surface area contributed by atoms with E-state index in [2.05, 4.69) is 0 Å². The smallest absolute Gasteiger partial charge is 0.408 e. The number of ether oxygens (including phenoxy) is 2. The molecule has 2 N–H and O–H groups in total. The second-order valence-electron chi connectivity index (χ2n) is 6.06. The predicted octanol–water partition coefficient (Wildman–Crippen LogP) is 2.34. The molecule has 1 saturated heterocycles. The number of alkyl halides is 3. The summed E-state index contributed by atoms with van der Waals surface area (Å²) in [5, 5.41) is 0. The molecule has 24 heavy (non-hydrogen) atoms. The Hall–Kier alpha value is -1.96. The normalized spacial score (nSPS) is 24.4. The van der Waals surface area contributed by atoms with Crippen molar-refractivity contribution in [2.75, 3.05) is 19.8 Å². The highest BCUT2D eigenvalue weighted by molar-refractivity contribution is 5.95. The molecule has 2 aliphatic rings. The molecule has 0 radical (unpaired) electrons. The van der Waals surface area contributed by atoms with Gasteiger partial charge in [-0.25, -0.2) is 0 Å². The molecule has 1 aromatic carbocycles. The topological polar surface area (TPSA) is 64.8 Å². The molecule has 0 unspecified atom stereocenters. The molecule has 3 rings (SSSR count). The fourth-order valence-electron chi connectivity index (χ4n) is 3.03. The number of hydrogen-bond donors (Lipinski definition) is 1. The van der Waals surface area contributed by atoms with Gasteiger partial charge in [-0.15, -0.1) is 0 Å². The van der Waals surface area contributed by atoms with E-state index in [0.29, 0.717) is 31.1 Å². The van der Waals surface area contributed by atoms with Gasteiger partial charge in [-0.05, 0) is 31.0 Å². The zero-order chi connectivity index (χ0) is 17.3. The maximum atomic E-state index is 13.2. The van der Waals surface area contributed by atoms with Gasteiger partial charge >= 0.3 is 6.18 Å². The lowest BCUT2D eigenvalue weighted by Crippen LogP contribution is -2.56. The van der Waals surface area contributed by atoms with Gasteiger partial charge in [-0.2, -0.15) is 13.2 Å². The number of halogens is 3. The van der Waals surface area contributed by atoms with E-state index in [0.717, 1.165) is 4.90 Å². The minimum absolute atomic E-state index is 0.114. The average Bonchev–Trinajstić information content (AvgIpc) is 2.77. The lowest BCUT2D eigenvalue weighted by Gasteiger charge is -2.39. The first-order valence-electron chi connectivity index (χ1n) is 7.89. The number of piperidine rings is 1. The molecule has 2 aliphatic heterocycles. The maximum absolute atomic E-state index is 13.2. The Morgan fingerprint density at radius 3 is 2.58 bits per heavy atom. The van der Waals surface area contributed by atoms with E-state index in [1.165, 1.54) is 12.1 Å². The van der Waals surface area contributed by atoms with Crippen LogP contribution in [0.2, 0.25) is 0 Å². The molecule has 0 aliphatic carbocycles. The largest absolute Gasteiger partial charge is 0.490 e. The van der Waals surface area contributed by atoms with Gasteiger partial charge in [-0.1, -0.05) is 0 Å². The van der Waals surface area contributed by atoms with Gasteiger partial charge in [0.25, 0.3) is 5.91 Å². The van der Waals surface area contributed by atoms with E-state index in [-0.39, 0.29) is 24.9 Å². The van der Waals surface area contributed by atoms with E-state index in [1.807, 2.05) is 0 Å². The molecule has 2 atom stereocenters. The summed E-state index contributed by atoms with van der Waals surface area (Å²) in [6.07, 6.45) is -3.70. The first-order valence-corrected chi connectivity index (χ1v) is 7.89. The average molecular weight is 344 g/mol. The number of nitrogens with two attached hydrogens (primary N) is 1. The molecule has 132 valence electrons. The molecule has 8 heteroatoms. The second-order valence-corrected chi connectivity index (χ2v) is 6.06. The summed E-state index contributed by atoms with van der Waals surface area (Å²) in [6, 6.07) is 2.20. The van der Waals surface area contributed by atoms with Crippen molar-refractivity contribution in [2.45, 2.75) is 37.5 Å². The van der Waals surface area contributed by atoms with E-state index >= 15 is 0 Å². The molecule has 0 spiro atoms. The number of nitrogens with zero attached hydrogens (tertiary/aromatic N) is 1. The minimum atomic E-state index is -4.47. The van der Waals surface area contributed by atoms with E-state index < -0.39 is 24.2 Å². The zero-order valence-electron chi connectivity index (χ0n) is 13.0. The van der Waals surface area contributed by atoms with Crippen LogP contribution in [0, 0.1) is 0 Å². The monoisotopic (exact) mass is 344 g/mol. The molecule has 5 nitrogen and oxygen atoms in total. The Morgan fingerprint density at radius 1 is 1.17 bits per heavy atom. The molecule has 2 heterocycles. The molecule has 1 amide bonds. The third-order valence-corrected chi connectivity index (χ3v) is 4.25. The van der Waals surface area contributed by atoms with Crippen LogP contribution in [0.15, 0.2) is 18.2 Å². The number of amides is 1. The van der Waals surface area contributed by atoms with Gasteiger partial charge in [0.2, 0.25) is 0 Å². The van der Waals surface area contributed by atoms with Crippen LogP contribution in [-0.4, -0.2) is 48.8 Å². The van der Waals surface area contributed by atoms with Gasteiger partial charge in [0.1, 0.15) is 6.04 Å². The number of likely N-dealkylation sites (tertiary alicyclic amines) is 1. The van der Waals surface area contributed by atoms with Crippen LogP contribution in [0.1, 0.15) is 29.6 Å². The summed E-state index contributed by atoms with van der Waals surface area (Å²) >= 11 is 0. The Balaban J connectivity index is 1.87. The third-order valence-electron chi connectivity index (χ3n) is 4.25. The van der Waals surface area contributed by atoms with Crippen molar-refractivity contribution in [3.8, 4) is 11.5 Å². The van der Waals surface area contributed by atoms with Gasteiger partial charge < -0.3 is 20.1 Å². The van der Waals surface area contributed by atoms with Crippen LogP contribution in [0.4, 0.5) is 13.2 Å². The summed E-state index contributed by atoms with van der Waals surface area (Å²) < 4.78 is 50.7. The lowest BCUT2D eigenvalue weighted by molar-refractivity contribution is -0.184. The number of fused-ring (bicyclic) bond motifs is 1. The standard InChI is InChI=1S/C16H19F3N2O3/c17-16(18,19)14-5-3-11(20)9-21(14)15(22)10-2-4-12-13(8-10)24-7-1-6-23-12/h2,4,8,11,14H,1,3,5-7,9,20H2/t11-,14+/m1/s1. The van der Waals surface area contributed by atoms with Crippen LogP contribution in [0.25, 0.3) is 0 Å². The molecule has 1 aromatic rings. The van der Waals surface area contributed by atoms with Gasteiger partial charge in [0, 0.05) is 24.6 Å². The van der Waals surface area contributed by atoms with E-state index in [9.17, 15) is 18.0 Å². The Morgan fingerprint density at radius 2 is 1.88 bits per heavy atom. The molecule has 0 aromatic heterocycles. The Kier molecular flexibility index (Phi) is 4.58. The highest BCUT2D eigenvalue weighted by atomic mass is 19.4. The Labute approximate surface area is 137 Å². The van der Waals surface area contributed by atoms with Crippen molar-refractivity contribution in [3.63, 3.8) is 0 Å². The van der Waals surface area contributed by atoms with Gasteiger partial charge in [0.15, 0.2) is 11.5 Å². The van der Waals surface area contributed by atoms with Crippen molar-refractivity contribution in [1.82, 2.24) is 4.90 Å². The predicted molar refractivity (Wildman–Crippen MR) is 80.1 cm³/mol. The summed E-state index contributed by atoms with van der Waals surface area (Å²) in [5.74, 6) is 0.179. The van der Waals surface area contributed by atoms with Crippen molar-refractivity contribution in [2.24, 2.45) is 5.73 Å². The quantitative estimate of drug-likeness (QED) is 0.849. The number of carbonyl (C=O) groups is 1. The van der Waals surface area contributed by atoms with Crippen molar-refractivity contribution >= 4 is 5.91 Å².